The summed E-state index contributed by atoms with van der Waals surface area (Å²) in [5.41, 5.74) is 20.4. The highest BCUT2D eigenvalue weighted by Crippen LogP contribution is 2.50. The summed E-state index contributed by atoms with van der Waals surface area (Å²) in [6.07, 6.45) is 24.0. The van der Waals surface area contributed by atoms with Crippen molar-refractivity contribution in [2.24, 2.45) is 5.41 Å². The Balaban J connectivity index is 0.000000201. The van der Waals surface area contributed by atoms with Crippen LogP contribution in [0.4, 0.5) is 17.1 Å². The highest BCUT2D eigenvalue weighted by Gasteiger charge is 2.52. The Morgan fingerprint density at radius 2 is 1.18 bits per heavy atom. The van der Waals surface area contributed by atoms with E-state index in [2.05, 4.69) is 211 Å². The van der Waals surface area contributed by atoms with Crippen molar-refractivity contribution in [1.82, 2.24) is 14.2 Å². The number of hydrogen-bond acceptors (Lipinski definition) is 2. The van der Waals surface area contributed by atoms with Crippen molar-refractivity contribution in [1.29, 1.82) is 0 Å². The number of nitrogens with zero attached hydrogens (tertiary/aromatic N) is 7. The Hall–Kier alpha value is -5.16. The molecule has 1 unspecified atom stereocenters. The Morgan fingerprint density at radius 1 is 0.627 bits per heavy atom. The number of aromatic nitrogens is 5. The molecule has 1 N–H and O–H groups in total. The second kappa shape index (κ2) is 29.3. The molecule has 0 bridgehead atoms. The summed E-state index contributed by atoms with van der Waals surface area (Å²) in [7, 11) is 0. The smallest absolute Gasteiger partial charge is 0.278 e. The van der Waals surface area contributed by atoms with Crippen LogP contribution in [0.5, 0.6) is 0 Å². The molecule has 0 radical (unpaired) electrons. The largest absolute Gasteiger partial charge is 1.00 e. The van der Waals surface area contributed by atoms with E-state index >= 15 is 0 Å². The van der Waals surface area contributed by atoms with Crippen molar-refractivity contribution < 1.29 is 68.2 Å². The number of pyridine rings is 1. The molecule has 5 aromatic carbocycles. The van der Waals surface area contributed by atoms with Crippen LogP contribution >= 0.6 is 23.2 Å². The van der Waals surface area contributed by atoms with Gasteiger partial charge in [0.05, 0.1) is 18.2 Å². The normalized spacial score (nSPS) is 16.0. The molecule has 8 nitrogen and oxygen atoms in total. The highest BCUT2D eigenvalue weighted by atomic mass is 35.5. The number of hydrogen-bond donors (Lipinski definition) is 1. The van der Waals surface area contributed by atoms with E-state index in [4.69, 9.17) is 28.3 Å². The third kappa shape index (κ3) is 15.8. The fraction of sp³-hybridized carbons (Fsp3) is 0.391. The third-order valence-corrected chi connectivity index (χ3v) is 17.1. The number of quaternary nitrogens is 1. The summed E-state index contributed by atoms with van der Waals surface area (Å²) in [5.74, 6) is 2.33. The number of halogens is 6. The van der Waals surface area contributed by atoms with Crippen molar-refractivity contribution in [2.45, 2.75) is 165 Å². The van der Waals surface area contributed by atoms with Gasteiger partial charge in [-0.15, -0.1) is 0 Å². The third-order valence-electron chi connectivity index (χ3n) is 16.6. The van der Waals surface area contributed by atoms with Gasteiger partial charge in [-0.25, -0.2) is 9.13 Å². The molecule has 1 atom stereocenters. The van der Waals surface area contributed by atoms with Crippen molar-refractivity contribution in [3.05, 3.63) is 207 Å². The summed E-state index contributed by atoms with van der Waals surface area (Å²) in [5, 5.41) is 6.21. The minimum atomic E-state index is 0. The van der Waals surface area contributed by atoms with Gasteiger partial charge < -0.3 is 49.6 Å². The van der Waals surface area contributed by atoms with Crippen molar-refractivity contribution >= 4 is 52.0 Å². The molecule has 1 fully saturated rings. The lowest BCUT2D eigenvalue weighted by Crippen LogP contribution is -3.02. The zero-order valence-corrected chi connectivity index (χ0v) is 55.5. The predicted octanol–water partition coefficient (Wildman–Crippen LogP) is 3.74. The van der Waals surface area contributed by atoms with Crippen LogP contribution in [0.25, 0.3) is 16.9 Å². The number of para-hydroxylation sites is 1. The Labute approximate surface area is 530 Å². The van der Waals surface area contributed by atoms with E-state index in [-0.39, 0.29) is 55.2 Å². The number of nitrogens with one attached hydrogen (secondary N) is 1. The molecule has 6 heterocycles. The van der Waals surface area contributed by atoms with E-state index < -0.39 is 0 Å². The predicted molar refractivity (Wildman–Crippen MR) is 329 cm³/mol. The van der Waals surface area contributed by atoms with Crippen LogP contribution in [-0.2, 0) is 13.0 Å². The molecule has 3 aromatic heterocycles. The second-order valence-corrected chi connectivity index (χ2v) is 25.2. The monoisotopic (exact) mass is 1240 g/mol. The minimum absolute atomic E-state index is 0. The van der Waals surface area contributed by atoms with E-state index in [1.807, 2.05) is 53.2 Å². The van der Waals surface area contributed by atoms with E-state index in [9.17, 15) is 0 Å². The summed E-state index contributed by atoms with van der Waals surface area (Å²) in [4.78, 5) is 3.48. The van der Waals surface area contributed by atoms with Crippen LogP contribution in [0.15, 0.2) is 140 Å². The molecule has 0 amide bonds. The maximum Gasteiger partial charge on any atom is 0.278 e. The van der Waals surface area contributed by atoms with Crippen LogP contribution in [0.2, 0.25) is 10.0 Å². The van der Waals surface area contributed by atoms with Crippen molar-refractivity contribution in [2.75, 3.05) is 11.6 Å². The van der Waals surface area contributed by atoms with Crippen LogP contribution in [0.1, 0.15) is 154 Å². The molecule has 12 rings (SSSR count). The molecular formula is C69H86Cl6N8. The van der Waals surface area contributed by atoms with Crippen molar-refractivity contribution in [3.63, 3.8) is 0 Å². The summed E-state index contributed by atoms with van der Waals surface area (Å²) >= 11 is 11.8. The van der Waals surface area contributed by atoms with Gasteiger partial charge in [0.25, 0.3) is 12.2 Å². The van der Waals surface area contributed by atoms with Gasteiger partial charge in [0.2, 0.25) is 12.0 Å². The van der Waals surface area contributed by atoms with Crippen LogP contribution < -0.4 is 68.6 Å². The fourth-order valence-electron chi connectivity index (χ4n) is 13.0. The van der Waals surface area contributed by atoms with E-state index in [0.29, 0.717) is 17.3 Å². The minimum Gasteiger partial charge on any atom is -1.00 e. The van der Waals surface area contributed by atoms with E-state index in [1.54, 1.807) is 0 Å². The van der Waals surface area contributed by atoms with Gasteiger partial charge in [-0.3, -0.25) is 9.80 Å². The van der Waals surface area contributed by atoms with Crippen LogP contribution in [-0.4, -0.2) is 37.2 Å². The molecular weight excluding hydrogens is 1150 g/mol. The Morgan fingerprint density at radius 3 is 1.73 bits per heavy atom. The van der Waals surface area contributed by atoms with Gasteiger partial charge in [0.1, 0.15) is 35.2 Å². The molecule has 4 aliphatic rings. The van der Waals surface area contributed by atoms with Gasteiger partial charge in [-0.05, 0) is 150 Å². The maximum absolute atomic E-state index is 5.91. The number of anilines is 1. The van der Waals surface area contributed by atoms with Gasteiger partial charge in [0, 0.05) is 70.8 Å². The van der Waals surface area contributed by atoms with Crippen molar-refractivity contribution in [3.8, 4) is 11.4 Å². The average molecular weight is 1240 g/mol. The molecule has 444 valence electrons. The SMILES string of the molecule is CC(C)c1cccc(C(C)C)c1[N+]1=CC2(CCCCC2)CC1(C)C.Cc1cc(C)c(-[n+]2cc3cccc(C)n3c2)c(C)c1.Cc1cc(C)c(-n2c[n+]3c(n2)CCC3)c(C)c1.Clc1ccc(N2C=C[NH+](c3ccc(Cl)cc3)C2)cc1.[Cl-].[Cl-].[Cl-].[Cl-]. The first-order valence-corrected chi connectivity index (χ1v) is 29.7. The zero-order valence-electron chi connectivity index (χ0n) is 51.0. The summed E-state index contributed by atoms with van der Waals surface area (Å²) < 4.78 is 11.4. The van der Waals surface area contributed by atoms with E-state index in [0.717, 1.165) is 35.4 Å². The fourth-order valence-corrected chi connectivity index (χ4v) is 13.3. The lowest BCUT2D eigenvalue weighted by Gasteiger charge is -2.29. The van der Waals surface area contributed by atoms with Gasteiger partial charge in [-0.1, -0.05) is 134 Å². The Bertz CT molecular complexity index is 3370. The molecule has 0 saturated heterocycles. The van der Waals surface area contributed by atoms with Gasteiger partial charge in [-0.2, -0.15) is 8.98 Å². The molecule has 1 saturated carbocycles. The molecule has 14 heteroatoms. The standard InChI is InChI=1S/C23H36N.C17H19N2.C15H12Cl2N2.C14H18N3.4ClH/c1-17(2)19-11-10-12-20(18(3)4)21(19)24-16-23(15-22(24,5)6)13-8-7-9-14-23;1-12-8-13(2)17(14(3)9-12)18-10-16-7-5-6-15(4)19(16)11-18;16-12-1-5-14(6-2-12)18-9-10-19(11-18)15-7-3-13(17)4-8-15;1-10-7-11(2)14(12(3)8-10)17-9-16-6-4-5-13(16)15-17;;;;/h10-12,16-18H,7-9,13-15H2,1-6H3;5-11H,1-4H3;1-10H,11H2;7-9H,4-6H2,1-3H3;4*1H/q2*+1;;+1;;;;/p-3. The van der Waals surface area contributed by atoms with Crippen LogP contribution in [0.3, 0.4) is 0 Å². The Kier molecular flexibility index (Phi) is 24.2. The zero-order chi connectivity index (χ0) is 56.3. The van der Waals surface area contributed by atoms with Crippen LogP contribution in [0, 0.1) is 53.9 Å². The topological polar surface area (TPSA) is 40.7 Å². The van der Waals surface area contributed by atoms with E-state index in [1.165, 1.54) is 134 Å². The first-order chi connectivity index (χ1) is 37.7. The average Bonchev–Trinajstić information content (AvgIpc) is 4.29. The quantitative estimate of drug-likeness (QED) is 0.248. The molecule has 3 aliphatic heterocycles. The first-order valence-electron chi connectivity index (χ1n) is 28.9. The number of imidazole rings is 1. The van der Waals surface area contributed by atoms with Gasteiger partial charge >= 0.3 is 0 Å². The number of aryl methyl sites for hydroxylation is 9. The lowest BCUT2D eigenvalue weighted by molar-refractivity contribution is -0.767. The summed E-state index contributed by atoms with van der Waals surface area (Å²) in [6.45, 7) is 31.3. The molecule has 83 heavy (non-hydrogen) atoms. The number of fused-ring (bicyclic) bond motifs is 2. The molecule has 1 spiro atoms. The van der Waals surface area contributed by atoms with Gasteiger partial charge in [0.15, 0.2) is 23.9 Å². The number of rotatable bonds is 7. The maximum atomic E-state index is 5.91. The molecule has 8 aromatic rings. The lowest BCUT2D eigenvalue weighted by atomic mass is 9.71. The second-order valence-electron chi connectivity index (χ2n) is 24.3. The molecule has 1 aliphatic carbocycles. The summed E-state index contributed by atoms with van der Waals surface area (Å²) in [6, 6.07) is 38.1. The number of benzene rings is 5. The first kappa shape index (κ1) is 68.6. The highest BCUT2D eigenvalue weighted by molar-refractivity contribution is 6.30.